The zero-order valence-electron chi connectivity index (χ0n) is 11.9. The quantitative estimate of drug-likeness (QED) is 0.736. The second-order valence-corrected chi connectivity index (χ2v) is 5.41. The summed E-state index contributed by atoms with van der Waals surface area (Å²) in [6.07, 6.45) is 2.04. The Morgan fingerprint density at radius 1 is 1.33 bits per heavy atom. The van der Waals surface area contributed by atoms with Gasteiger partial charge in [0.1, 0.15) is 5.82 Å². The predicted molar refractivity (Wildman–Crippen MR) is 76.1 cm³/mol. The molecule has 1 aliphatic carbocycles. The molecule has 6 heteroatoms. The summed E-state index contributed by atoms with van der Waals surface area (Å²) < 4.78 is 13.5. The summed E-state index contributed by atoms with van der Waals surface area (Å²) in [5, 5.41) is 14.4. The minimum atomic E-state index is -0.910. The van der Waals surface area contributed by atoms with Gasteiger partial charge in [-0.25, -0.2) is 4.39 Å². The Balaban J connectivity index is 1.87. The number of carbonyl (C=O) groups is 2. The average molecular weight is 294 g/mol. The molecular weight excluding hydrogens is 275 g/mol. The van der Waals surface area contributed by atoms with Crippen LogP contribution in [0.3, 0.4) is 0 Å². The number of amides is 2. The summed E-state index contributed by atoms with van der Waals surface area (Å²) in [4.78, 5) is 23.4. The number of nitrogens with one attached hydrogen (secondary N) is 2. The number of halogens is 1. The number of carbonyl (C=O) groups excluding carboxylic acids is 2. The lowest BCUT2D eigenvalue weighted by molar-refractivity contribution is -0.136. The van der Waals surface area contributed by atoms with Crippen LogP contribution < -0.4 is 10.6 Å². The van der Waals surface area contributed by atoms with Crippen LogP contribution in [-0.4, -0.2) is 29.6 Å². The number of rotatable bonds is 3. The molecule has 1 aliphatic rings. The normalized spacial score (nSPS) is 21.1. The summed E-state index contributed by atoms with van der Waals surface area (Å²) >= 11 is 0. The molecule has 0 bridgehead atoms. The highest BCUT2D eigenvalue weighted by molar-refractivity contribution is 6.39. The van der Waals surface area contributed by atoms with E-state index < -0.39 is 23.7 Å². The van der Waals surface area contributed by atoms with Crippen molar-refractivity contribution >= 4 is 17.5 Å². The third-order valence-electron chi connectivity index (χ3n) is 3.72. The Kier molecular flexibility index (Phi) is 4.90. The van der Waals surface area contributed by atoms with Gasteiger partial charge in [0.15, 0.2) is 0 Å². The SMILES string of the molecule is Cc1ccc(F)c(NC(=O)C(=O)NCC2CCCC2O)c1. The van der Waals surface area contributed by atoms with E-state index in [-0.39, 0.29) is 18.2 Å². The van der Waals surface area contributed by atoms with Crippen molar-refractivity contribution in [2.24, 2.45) is 5.92 Å². The lowest BCUT2D eigenvalue weighted by Crippen LogP contribution is -2.39. The molecule has 1 fully saturated rings. The smallest absolute Gasteiger partial charge is 0.313 e. The van der Waals surface area contributed by atoms with Gasteiger partial charge in [0.05, 0.1) is 11.8 Å². The van der Waals surface area contributed by atoms with Crippen LogP contribution in [0.1, 0.15) is 24.8 Å². The van der Waals surface area contributed by atoms with Crippen LogP contribution in [0, 0.1) is 18.7 Å². The number of anilines is 1. The average Bonchev–Trinajstić information content (AvgIpc) is 2.85. The molecule has 1 aromatic carbocycles. The number of hydrogen-bond acceptors (Lipinski definition) is 3. The van der Waals surface area contributed by atoms with Gasteiger partial charge in [-0.2, -0.15) is 0 Å². The first-order valence-corrected chi connectivity index (χ1v) is 7.01. The summed E-state index contributed by atoms with van der Waals surface area (Å²) in [7, 11) is 0. The monoisotopic (exact) mass is 294 g/mol. The second-order valence-electron chi connectivity index (χ2n) is 5.41. The lowest BCUT2D eigenvalue weighted by atomic mass is 10.1. The molecule has 114 valence electrons. The zero-order chi connectivity index (χ0) is 15.4. The van der Waals surface area contributed by atoms with Gasteiger partial charge < -0.3 is 15.7 Å². The molecular formula is C15H19FN2O3. The standard InChI is InChI=1S/C15H19FN2O3/c1-9-5-6-11(16)12(7-9)18-15(21)14(20)17-8-10-3-2-4-13(10)19/h5-7,10,13,19H,2-4,8H2,1H3,(H,17,20)(H,18,21). The highest BCUT2D eigenvalue weighted by Crippen LogP contribution is 2.24. The molecule has 0 aromatic heterocycles. The fraction of sp³-hybridized carbons (Fsp3) is 0.467. The Morgan fingerprint density at radius 3 is 2.76 bits per heavy atom. The van der Waals surface area contributed by atoms with E-state index in [1.54, 1.807) is 13.0 Å². The van der Waals surface area contributed by atoms with Crippen molar-refractivity contribution in [2.75, 3.05) is 11.9 Å². The van der Waals surface area contributed by atoms with Crippen molar-refractivity contribution in [3.63, 3.8) is 0 Å². The number of aliphatic hydroxyl groups is 1. The first-order chi connectivity index (χ1) is 9.97. The Morgan fingerprint density at radius 2 is 2.10 bits per heavy atom. The maximum Gasteiger partial charge on any atom is 0.313 e. The molecule has 0 radical (unpaired) electrons. The molecule has 3 N–H and O–H groups in total. The third-order valence-corrected chi connectivity index (χ3v) is 3.72. The highest BCUT2D eigenvalue weighted by Gasteiger charge is 2.26. The van der Waals surface area contributed by atoms with Crippen molar-refractivity contribution in [1.29, 1.82) is 0 Å². The van der Waals surface area contributed by atoms with Gasteiger partial charge in [-0.05, 0) is 37.5 Å². The number of aryl methyl sites for hydroxylation is 1. The lowest BCUT2D eigenvalue weighted by Gasteiger charge is -2.15. The van der Waals surface area contributed by atoms with E-state index in [2.05, 4.69) is 10.6 Å². The van der Waals surface area contributed by atoms with Crippen molar-refractivity contribution in [1.82, 2.24) is 5.32 Å². The Labute approximate surface area is 122 Å². The molecule has 1 saturated carbocycles. The molecule has 0 aliphatic heterocycles. The maximum absolute atomic E-state index is 13.5. The van der Waals surface area contributed by atoms with E-state index in [4.69, 9.17) is 0 Å². The van der Waals surface area contributed by atoms with Crippen LogP contribution in [0.4, 0.5) is 10.1 Å². The van der Waals surface area contributed by atoms with Gasteiger partial charge in [-0.1, -0.05) is 12.5 Å². The van der Waals surface area contributed by atoms with Gasteiger partial charge in [0.2, 0.25) is 0 Å². The van der Waals surface area contributed by atoms with E-state index in [1.807, 2.05) is 0 Å². The molecule has 2 rings (SSSR count). The van der Waals surface area contributed by atoms with Gasteiger partial charge in [-0.15, -0.1) is 0 Å². The van der Waals surface area contributed by atoms with Gasteiger partial charge >= 0.3 is 11.8 Å². The van der Waals surface area contributed by atoms with Crippen molar-refractivity contribution in [3.05, 3.63) is 29.6 Å². The van der Waals surface area contributed by atoms with Crippen LogP contribution in [0.5, 0.6) is 0 Å². The van der Waals surface area contributed by atoms with E-state index in [1.165, 1.54) is 12.1 Å². The van der Waals surface area contributed by atoms with E-state index in [0.717, 1.165) is 24.8 Å². The van der Waals surface area contributed by atoms with E-state index in [9.17, 15) is 19.1 Å². The summed E-state index contributed by atoms with van der Waals surface area (Å²) in [6, 6.07) is 4.27. The molecule has 2 amide bonds. The zero-order valence-corrected chi connectivity index (χ0v) is 11.9. The number of aliphatic hydroxyl groups excluding tert-OH is 1. The van der Waals surface area contributed by atoms with Crippen LogP contribution in [-0.2, 0) is 9.59 Å². The number of benzene rings is 1. The van der Waals surface area contributed by atoms with Gasteiger partial charge in [0.25, 0.3) is 0 Å². The Bertz CT molecular complexity index is 548. The molecule has 21 heavy (non-hydrogen) atoms. The molecule has 2 atom stereocenters. The molecule has 0 saturated heterocycles. The maximum atomic E-state index is 13.5. The second kappa shape index (κ2) is 6.67. The van der Waals surface area contributed by atoms with Crippen LogP contribution in [0.15, 0.2) is 18.2 Å². The minimum absolute atomic E-state index is 0.0162. The minimum Gasteiger partial charge on any atom is -0.393 e. The largest absolute Gasteiger partial charge is 0.393 e. The summed E-state index contributed by atoms with van der Waals surface area (Å²) in [5.41, 5.74) is 0.761. The highest BCUT2D eigenvalue weighted by atomic mass is 19.1. The van der Waals surface area contributed by atoms with Crippen LogP contribution in [0.25, 0.3) is 0 Å². The third kappa shape index (κ3) is 4.01. The molecule has 0 spiro atoms. The van der Waals surface area contributed by atoms with Crippen molar-refractivity contribution in [3.8, 4) is 0 Å². The summed E-state index contributed by atoms with van der Waals surface area (Å²) in [5.74, 6) is -2.34. The van der Waals surface area contributed by atoms with Gasteiger partial charge in [0, 0.05) is 12.5 Å². The van der Waals surface area contributed by atoms with Crippen molar-refractivity contribution in [2.45, 2.75) is 32.3 Å². The fourth-order valence-corrected chi connectivity index (χ4v) is 2.47. The first kappa shape index (κ1) is 15.4. The van der Waals surface area contributed by atoms with Crippen LogP contribution >= 0.6 is 0 Å². The van der Waals surface area contributed by atoms with E-state index >= 15 is 0 Å². The van der Waals surface area contributed by atoms with E-state index in [0.29, 0.717) is 0 Å². The Hall–Kier alpha value is -1.95. The van der Waals surface area contributed by atoms with Crippen molar-refractivity contribution < 1.29 is 19.1 Å². The predicted octanol–water partition coefficient (Wildman–Crippen LogP) is 1.35. The van der Waals surface area contributed by atoms with Gasteiger partial charge in [-0.3, -0.25) is 9.59 Å². The molecule has 5 nitrogen and oxygen atoms in total. The first-order valence-electron chi connectivity index (χ1n) is 7.01. The molecule has 2 unspecified atom stereocenters. The molecule has 1 aromatic rings. The van der Waals surface area contributed by atoms with Crippen LogP contribution in [0.2, 0.25) is 0 Å². The molecule has 0 heterocycles. The number of hydrogen-bond donors (Lipinski definition) is 3. The fourth-order valence-electron chi connectivity index (χ4n) is 2.47. The summed E-state index contributed by atoms with van der Waals surface area (Å²) in [6.45, 7) is 2.01. The topological polar surface area (TPSA) is 78.4 Å².